The van der Waals surface area contributed by atoms with Gasteiger partial charge in [0, 0.05) is 19.8 Å². The molecule has 1 amide bonds. The maximum Gasteiger partial charge on any atom is 0.319 e. The molecule has 1 saturated carbocycles. The number of carbonyl (C=O) groups excluding carboxylic acids is 1. The van der Waals surface area contributed by atoms with Gasteiger partial charge in [-0.3, -0.25) is 9.59 Å². The SMILES string of the molecule is CCCOCCCNC(=O)C1(C(=O)O)CCC1. The van der Waals surface area contributed by atoms with Gasteiger partial charge in [0.15, 0.2) is 0 Å². The molecule has 17 heavy (non-hydrogen) atoms. The highest BCUT2D eigenvalue weighted by atomic mass is 16.5. The molecular weight excluding hydrogens is 222 g/mol. The number of amides is 1. The van der Waals surface area contributed by atoms with E-state index in [4.69, 9.17) is 9.84 Å². The topological polar surface area (TPSA) is 75.6 Å². The van der Waals surface area contributed by atoms with Gasteiger partial charge in [-0.1, -0.05) is 13.3 Å². The largest absolute Gasteiger partial charge is 0.480 e. The van der Waals surface area contributed by atoms with Crippen LogP contribution < -0.4 is 5.32 Å². The summed E-state index contributed by atoms with van der Waals surface area (Å²) in [6.07, 6.45) is 3.44. The molecule has 1 fully saturated rings. The average Bonchev–Trinajstić information content (AvgIpc) is 2.21. The minimum Gasteiger partial charge on any atom is -0.480 e. The third kappa shape index (κ3) is 3.43. The highest BCUT2D eigenvalue weighted by Crippen LogP contribution is 2.41. The van der Waals surface area contributed by atoms with Gasteiger partial charge in [0.1, 0.15) is 5.41 Å². The fourth-order valence-corrected chi connectivity index (χ4v) is 1.86. The summed E-state index contributed by atoms with van der Waals surface area (Å²) in [6.45, 7) is 3.85. The van der Waals surface area contributed by atoms with E-state index >= 15 is 0 Å². The van der Waals surface area contributed by atoms with Gasteiger partial charge in [-0.2, -0.15) is 0 Å². The van der Waals surface area contributed by atoms with E-state index in [0.717, 1.165) is 25.9 Å². The van der Waals surface area contributed by atoms with Crippen molar-refractivity contribution in [3.05, 3.63) is 0 Å². The monoisotopic (exact) mass is 243 g/mol. The Kier molecular flexibility index (Phi) is 5.41. The summed E-state index contributed by atoms with van der Waals surface area (Å²) >= 11 is 0. The number of carboxylic acids is 1. The van der Waals surface area contributed by atoms with Gasteiger partial charge in [0.25, 0.3) is 0 Å². The van der Waals surface area contributed by atoms with Gasteiger partial charge >= 0.3 is 5.97 Å². The Balaban J connectivity index is 2.18. The summed E-state index contributed by atoms with van der Waals surface area (Å²) in [5.74, 6) is -1.34. The molecule has 0 aromatic carbocycles. The zero-order valence-electron chi connectivity index (χ0n) is 10.3. The second kappa shape index (κ2) is 6.59. The summed E-state index contributed by atoms with van der Waals surface area (Å²) in [7, 11) is 0. The molecule has 0 atom stereocenters. The van der Waals surface area contributed by atoms with Crippen LogP contribution in [0.5, 0.6) is 0 Å². The molecule has 0 bridgehead atoms. The van der Waals surface area contributed by atoms with Gasteiger partial charge in [0.2, 0.25) is 5.91 Å². The van der Waals surface area contributed by atoms with Crippen molar-refractivity contribution in [3.63, 3.8) is 0 Å². The summed E-state index contributed by atoms with van der Waals surface area (Å²) < 4.78 is 5.27. The smallest absolute Gasteiger partial charge is 0.319 e. The summed E-state index contributed by atoms with van der Waals surface area (Å²) in [5.41, 5.74) is -1.15. The first-order valence-electron chi connectivity index (χ1n) is 6.23. The molecular formula is C12H21NO4. The normalized spacial score (nSPS) is 17.2. The lowest BCUT2D eigenvalue weighted by molar-refractivity contribution is -0.162. The number of nitrogens with one attached hydrogen (secondary N) is 1. The number of ether oxygens (including phenoxy) is 1. The van der Waals surface area contributed by atoms with E-state index in [1.54, 1.807) is 0 Å². The molecule has 0 saturated heterocycles. The highest BCUT2D eigenvalue weighted by molar-refractivity contribution is 6.02. The quantitative estimate of drug-likeness (QED) is 0.495. The van der Waals surface area contributed by atoms with Crippen LogP contribution in [0, 0.1) is 5.41 Å². The lowest BCUT2D eigenvalue weighted by Gasteiger charge is -2.35. The van der Waals surface area contributed by atoms with Crippen LogP contribution in [0.3, 0.4) is 0 Å². The van der Waals surface area contributed by atoms with Gasteiger partial charge in [-0.25, -0.2) is 0 Å². The molecule has 0 aromatic heterocycles. The van der Waals surface area contributed by atoms with Crippen LogP contribution in [0.4, 0.5) is 0 Å². The summed E-state index contributed by atoms with van der Waals surface area (Å²) in [5, 5.41) is 11.7. The molecule has 2 N–H and O–H groups in total. The van der Waals surface area contributed by atoms with Gasteiger partial charge in [-0.05, 0) is 25.7 Å². The van der Waals surface area contributed by atoms with Crippen molar-refractivity contribution >= 4 is 11.9 Å². The van der Waals surface area contributed by atoms with Crippen molar-refractivity contribution in [1.29, 1.82) is 0 Å². The standard InChI is InChI=1S/C12H21NO4/c1-2-8-17-9-4-7-13-10(14)12(11(15)16)5-3-6-12/h2-9H2,1H3,(H,13,14)(H,15,16). The summed E-state index contributed by atoms with van der Waals surface area (Å²) in [4.78, 5) is 22.8. The average molecular weight is 243 g/mol. The molecule has 1 rings (SSSR count). The Hall–Kier alpha value is -1.10. The minimum absolute atomic E-state index is 0.341. The fourth-order valence-electron chi connectivity index (χ4n) is 1.86. The number of carbonyl (C=O) groups is 2. The van der Waals surface area contributed by atoms with E-state index < -0.39 is 11.4 Å². The first kappa shape index (κ1) is 14.0. The predicted octanol–water partition coefficient (Wildman–Crippen LogP) is 1.17. The van der Waals surface area contributed by atoms with Crippen LogP contribution in [0.15, 0.2) is 0 Å². The van der Waals surface area contributed by atoms with E-state index in [2.05, 4.69) is 5.32 Å². The highest BCUT2D eigenvalue weighted by Gasteiger charge is 2.50. The van der Waals surface area contributed by atoms with Crippen molar-refractivity contribution in [1.82, 2.24) is 5.32 Å². The maximum absolute atomic E-state index is 11.7. The van der Waals surface area contributed by atoms with Crippen molar-refractivity contribution in [2.24, 2.45) is 5.41 Å². The molecule has 0 radical (unpaired) electrons. The number of rotatable bonds is 8. The molecule has 0 aromatic rings. The second-order valence-electron chi connectivity index (χ2n) is 4.46. The minimum atomic E-state index is -1.15. The van der Waals surface area contributed by atoms with Gasteiger partial charge in [0.05, 0.1) is 0 Å². The Morgan fingerprint density at radius 3 is 2.53 bits per heavy atom. The number of carboxylic acid groups (broad SMARTS) is 1. The summed E-state index contributed by atoms with van der Waals surface area (Å²) in [6, 6.07) is 0. The lowest BCUT2D eigenvalue weighted by Crippen LogP contribution is -2.51. The molecule has 0 spiro atoms. The Bertz CT molecular complexity index is 274. The number of hydrogen-bond donors (Lipinski definition) is 2. The third-order valence-electron chi connectivity index (χ3n) is 3.15. The van der Waals surface area contributed by atoms with Gasteiger partial charge in [-0.15, -0.1) is 0 Å². The fraction of sp³-hybridized carbons (Fsp3) is 0.833. The zero-order valence-corrected chi connectivity index (χ0v) is 10.3. The number of hydrogen-bond acceptors (Lipinski definition) is 3. The lowest BCUT2D eigenvalue weighted by atomic mass is 9.68. The molecule has 98 valence electrons. The predicted molar refractivity (Wildman–Crippen MR) is 62.7 cm³/mol. The van der Waals surface area contributed by atoms with Crippen molar-refractivity contribution in [2.75, 3.05) is 19.8 Å². The first-order valence-corrected chi connectivity index (χ1v) is 6.23. The molecule has 5 nitrogen and oxygen atoms in total. The maximum atomic E-state index is 11.7. The Morgan fingerprint density at radius 1 is 1.35 bits per heavy atom. The van der Waals surface area contributed by atoms with Crippen LogP contribution >= 0.6 is 0 Å². The van der Waals surface area contributed by atoms with Crippen LogP contribution in [0.25, 0.3) is 0 Å². The molecule has 0 unspecified atom stereocenters. The van der Waals surface area contributed by atoms with Gasteiger partial charge < -0.3 is 15.2 Å². The van der Waals surface area contributed by atoms with Crippen molar-refractivity contribution in [3.8, 4) is 0 Å². The Labute approximate surface area is 102 Å². The van der Waals surface area contributed by atoms with Crippen LogP contribution in [-0.2, 0) is 14.3 Å². The first-order chi connectivity index (χ1) is 8.13. The van der Waals surface area contributed by atoms with E-state index in [9.17, 15) is 9.59 Å². The zero-order chi connectivity index (χ0) is 12.7. The van der Waals surface area contributed by atoms with Crippen molar-refractivity contribution < 1.29 is 19.4 Å². The Morgan fingerprint density at radius 2 is 2.06 bits per heavy atom. The van der Waals surface area contributed by atoms with E-state index in [-0.39, 0.29) is 5.91 Å². The molecule has 1 aliphatic rings. The molecule has 5 heteroatoms. The van der Waals surface area contributed by atoms with E-state index in [1.165, 1.54) is 0 Å². The van der Waals surface area contributed by atoms with E-state index in [1.807, 2.05) is 6.92 Å². The van der Waals surface area contributed by atoms with Crippen LogP contribution in [-0.4, -0.2) is 36.7 Å². The van der Waals surface area contributed by atoms with E-state index in [0.29, 0.717) is 26.0 Å². The molecule has 0 heterocycles. The number of aliphatic carboxylic acids is 1. The van der Waals surface area contributed by atoms with Crippen LogP contribution in [0.1, 0.15) is 39.0 Å². The molecule has 1 aliphatic carbocycles. The van der Waals surface area contributed by atoms with Crippen LogP contribution in [0.2, 0.25) is 0 Å². The third-order valence-corrected chi connectivity index (χ3v) is 3.15. The second-order valence-corrected chi connectivity index (χ2v) is 4.46. The van der Waals surface area contributed by atoms with Crippen molar-refractivity contribution in [2.45, 2.75) is 39.0 Å². The molecule has 0 aliphatic heterocycles.